The first-order chi connectivity index (χ1) is 16.9. The zero-order valence-electron chi connectivity index (χ0n) is 18.9. The number of fused-ring (bicyclic) bond motifs is 1. The quantitative estimate of drug-likeness (QED) is 0.316. The number of carboxylic acid groups (broad SMARTS) is 1. The van der Waals surface area contributed by atoms with Crippen LogP contribution in [0.25, 0.3) is 22.9 Å². The number of aryl methyl sites for hydroxylation is 2. The predicted octanol–water partition coefficient (Wildman–Crippen LogP) is 5.92. The summed E-state index contributed by atoms with van der Waals surface area (Å²) in [7, 11) is 0. The molecule has 0 aliphatic heterocycles. The van der Waals surface area contributed by atoms with Gasteiger partial charge in [0.1, 0.15) is 5.69 Å². The number of azo groups is 1. The first kappa shape index (κ1) is 22.1. The number of phenolic OH excluding ortho intramolecular Hbond substituents is 1. The van der Waals surface area contributed by atoms with Gasteiger partial charge in [-0.2, -0.15) is 0 Å². The van der Waals surface area contributed by atoms with Crippen LogP contribution in [-0.4, -0.2) is 26.0 Å². The number of carbonyl (C=O) groups is 1. The van der Waals surface area contributed by atoms with E-state index in [-0.39, 0.29) is 28.2 Å². The Labute approximate surface area is 200 Å². The van der Waals surface area contributed by atoms with Gasteiger partial charge in [0.2, 0.25) is 0 Å². The van der Waals surface area contributed by atoms with Gasteiger partial charge in [-0.05, 0) is 66.8 Å². The summed E-state index contributed by atoms with van der Waals surface area (Å²) in [6, 6.07) is 17.0. The summed E-state index contributed by atoms with van der Waals surface area (Å²) in [4.78, 5) is 24.4. The molecule has 4 aromatic rings. The standard InChI is InChI=1S/C27H22N4O4/c1-16-24(26(33)31(30-16)21-13-12-17-6-2-3-7-18(17)15-21)29-28-23-11-5-10-22(25(23)32)19-8-4-9-20(14-19)27(34)35/h2,4-6,8-15,30,32H,3,7H2,1H3,(H,34,35). The molecule has 0 saturated carbocycles. The zero-order valence-corrected chi connectivity index (χ0v) is 18.9. The fraction of sp³-hybridized carbons (Fsp3) is 0.111. The summed E-state index contributed by atoms with van der Waals surface area (Å²) in [5.74, 6) is -1.22. The van der Waals surface area contributed by atoms with E-state index in [0.29, 0.717) is 16.8 Å². The number of aromatic nitrogens is 2. The fourth-order valence-corrected chi connectivity index (χ4v) is 4.17. The molecule has 5 rings (SSSR count). The topological polar surface area (TPSA) is 120 Å². The number of carboxylic acids is 1. The number of benzene rings is 3. The van der Waals surface area contributed by atoms with Crippen molar-refractivity contribution in [2.24, 2.45) is 10.2 Å². The Bertz CT molecular complexity index is 1580. The summed E-state index contributed by atoms with van der Waals surface area (Å²) in [6.45, 7) is 1.74. The van der Waals surface area contributed by atoms with Crippen LogP contribution in [0, 0.1) is 6.92 Å². The molecule has 1 aliphatic carbocycles. The van der Waals surface area contributed by atoms with Gasteiger partial charge >= 0.3 is 5.97 Å². The van der Waals surface area contributed by atoms with E-state index in [1.807, 2.05) is 18.2 Å². The van der Waals surface area contributed by atoms with Crippen LogP contribution >= 0.6 is 0 Å². The van der Waals surface area contributed by atoms with Gasteiger partial charge in [0.05, 0.1) is 16.9 Å². The lowest BCUT2D eigenvalue weighted by atomic mass is 9.97. The first-order valence-corrected chi connectivity index (χ1v) is 11.1. The van der Waals surface area contributed by atoms with Crippen molar-refractivity contribution in [2.75, 3.05) is 0 Å². The molecule has 0 unspecified atom stereocenters. The number of hydrogen-bond donors (Lipinski definition) is 3. The molecule has 1 aliphatic rings. The first-order valence-electron chi connectivity index (χ1n) is 11.1. The minimum atomic E-state index is -1.06. The second-order valence-electron chi connectivity index (χ2n) is 8.31. The predicted molar refractivity (Wildman–Crippen MR) is 133 cm³/mol. The molecule has 0 amide bonds. The van der Waals surface area contributed by atoms with Gasteiger partial charge in [-0.25, -0.2) is 9.48 Å². The average Bonchev–Trinajstić information content (AvgIpc) is 3.16. The Morgan fingerprint density at radius 2 is 1.89 bits per heavy atom. The molecule has 1 heterocycles. The normalized spacial score (nSPS) is 12.7. The minimum Gasteiger partial charge on any atom is -0.505 e. The maximum atomic E-state index is 13.1. The van der Waals surface area contributed by atoms with E-state index in [0.717, 1.165) is 24.1 Å². The van der Waals surface area contributed by atoms with Gasteiger partial charge in [0.25, 0.3) is 5.56 Å². The Kier molecular flexibility index (Phi) is 5.62. The number of phenols is 1. The number of para-hydroxylation sites is 1. The summed E-state index contributed by atoms with van der Waals surface area (Å²) in [6.07, 6.45) is 6.12. The summed E-state index contributed by atoms with van der Waals surface area (Å²) in [5.41, 5.74) is 4.60. The largest absolute Gasteiger partial charge is 0.505 e. The van der Waals surface area contributed by atoms with E-state index < -0.39 is 5.97 Å². The molecule has 35 heavy (non-hydrogen) atoms. The number of aromatic carboxylic acids is 1. The molecule has 3 aromatic carbocycles. The number of nitrogens with zero attached hydrogens (tertiary/aromatic N) is 3. The van der Waals surface area contributed by atoms with Gasteiger partial charge in [0.15, 0.2) is 11.4 Å². The summed E-state index contributed by atoms with van der Waals surface area (Å²) < 4.78 is 1.44. The van der Waals surface area contributed by atoms with Crippen LogP contribution < -0.4 is 5.56 Å². The molecule has 0 spiro atoms. The van der Waals surface area contributed by atoms with Crippen molar-refractivity contribution in [3.05, 3.63) is 99.5 Å². The van der Waals surface area contributed by atoms with E-state index in [1.54, 1.807) is 37.3 Å². The number of aromatic hydroxyl groups is 1. The third-order valence-corrected chi connectivity index (χ3v) is 6.00. The molecule has 1 aromatic heterocycles. The maximum absolute atomic E-state index is 13.1. The minimum absolute atomic E-state index is 0.107. The van der Waals surface area contributed by atoms with E-state index >= 15 is 0 Å². The second kappa shape index (κ2) is 8.90. The average molecular weight is 466 g/mol. The highest BCUT2D eigenvalue weighted by molar-refractivity contribution is 5.90. The van der Waals surface area contributed by atoms with Gasteiger partial charge in [-0.3, -0.25) is 9.89 Å². The molecule has 0 atom stereocenters. The van der Waals surface area contributed by atoms with E-state index in [1.165, 1.54) is 22.4 Å². The van der Waals surface area contributed by atoms with Crippen molar-refractivity contribution in [2.45, 2.75) is 19.8 Å². The Balaban J connectivity index is 1.49. The molecule has 174 valence electrons. The lowest BCUT2D eigenvalue weighted by Gasteiger charge is -2.12. The molecule has 8 heteroatoms. The highest BCUT2D eigenvalue weighted by atomic mass is 16.4. The molecular formula is C27H22N4O4. The van der Waals surface area contributed by atoms with Crippen molar-refractivity contribution >= 4 is 23.4 Å². The van der Waals surface area contributed by atoms with Crippen molar-refractivity contribution < 1.29 is 15.0 Å². The van der Waals surface area contributed by atoms with Crippen LogP contribution in [0.4, 0.5) is 11.4 Å². The highest BCUT2D eigenvalue weighted by Gasteiger charge is 2.15. The Morgan fingerprint density at radius 3 is 2.71 bits per heavy atom. The van der Waals surface area contributed by atoms with E-state index in [4.69, 9.17) is 0 Å². The van der Waals surface area contributed by atoms with Crippen molar-refractivity contribution in [3.63, 3.8) is 0 Å². The summed E-state index contributed by atoms with van der Waals surface area (Å²) in [5, 5.41) is 31.4. The van der Waals surface area contributed by atoms with E-state index in [2.05, 4.69) is 27.5 Å². The summed E-state index contributed by atoms with van der Waals surface area (Å²) >= 11 is 0. The monoisotopic (exact) mass is 466 g/mol. The molecule has 0 bridgehead atoms. The number of nitrogens with one attached hydrogen (secondary N) is 1. The van der Waals surface area contributed by atoms with Gasteiger partial charge < -0.3 is 10.2 Å². The van der Waals surface area contributed by atoms with Crippen LogP contribution in [0.5, 0.6) is 5.75 Å². The van der Waals surface area contributed by atoms with Crippen molar-refractivity contribution in [3.8, 4) is 22.6 Å². The van der Waals surface area contributed by atoms with E-state index in [9.17, 15) is 19.8 Å². The van der Waals surface area contributed by atoms with Crippen LogP contribution in [0.3, 0.4) is 0 Å². The number of hydrogen-bond acceptors (Lipinski definition) is 5. The SMILES string of the molecule is Cc1[nH]n(-c2ccc3c(c2)CCC=C3)c(=O)c1N=Nc1cccc(-c2cccc(C(=O)O)c2)c1O. The lowest BCUT2D eigenvalue weighted by molar-refractivity contribution is 0.0697. The van der Waals surface area contributed by atoms with Crippen LogP contribution in [0.1, 0.15) is 33.6 Å². The van der Waals surface area contributed by atoms with Gasteiger partial charge in [-0.1, -0.05) is 42.5 Å². The lowest BCUT2D eigenvalue weighted by Crippen LogP contribution is -2.14. The van der Waals surface area contributed by atoms with Crippen LogP contribution in [-0.2, 0) is 6.42 Å². The van der Waals surface area contributed by atoms with Gasteiger partial charge in [0, 0.05) is 5.56 Å². The number of aromatic amines is 1. The van der Waals surface area contributed by atoms with Crippen LogP contribution in [0.2, 0.25) is 0 Å². The molecular weight excluding hydrogens is 444 g/mol. The Morgan fingerprint density at radius 1 is 1.06 bits per heavy atom. The number of allylic oxidation sites excluding steroid dienone is 1. The zero-order chi connectivity index (χ0) is 24.5. The molecule has 0 saturated heterocycles. The van der Waals surface area contributed by atoms with Crippen LogP contribution in [0.15, 0.2) is 81.8 Å². The number of H-pyrrole nitrogens is 1. The van der Waals surface area contributed by atoms with Crippen molar-refractivity contribution in [1.82, 2.24) is 9.78 Å². The number of rotatable bonds is 5. The molecule has 8 nitrogen and oxygen atoms in total. The fourth-order valence-electron chi connectivity index (χ4n) is 4.17. The maximum Gasteiger partial charge on any atom is 0.335 e. The van der Waals surface area contributed by atoms with Crippen molar-refractivity contribution in [1.29, 1.82) is 0 Å². The molecule has 3 N–H and O–H groups in total. The Hall–Kier alpha value is -4.72. The molecule has 0 fully saturated rings. The second-order valence-corrected chi connectivity index (χ2v) is 8.31. The van der Waals surface area contributed by atoms with Gasteiger partial charge in [-0.15, -0.1) is 10.2 Å². The third-order valence-electron chi connectivity index (χ3n) is 6.00. The molecule has 0 radical (unpaired) electrons. The third kappa shape index (κ3) is 4.17. The highest BCUT2D eigenvalue weighted by Crippen LogP contribution is 2.38. The smallest absolute Gasteiger partial charge is 0.335 e.